The van der Waals surface area contributed by atoms with Crippen molar-refractivity contribution in [1.29, 1.82) is 0 Å². The van der Waals surface area contributed by atoms with E-state index in [2.05, 4.69) is 34.5 Å². The lowest BCUT2D eigenvalue weighted by Crippen LogP contribution is -2.39. The van der Waals surface area contributed by atoms with Crippen LogP contribution in [0.4, 0.5) is 5.69 Å². The number of furan rings is 1. The third kappa shape index (κ3) is 3.58. The van der Waals surface area contributed by atoms with Crippen molar-refractivity contribution in [3.05, 3.63) is 60.6 Å². The second-order valence-electron chi connectivity index (χ2n) is 5.42. The summed E-state index contributed by atoms with van der Waals surface area (Å²) in [5.41, 5.74) is 1.23. The molecule has 0 bridgehead atoms. The molecule has 1 fully saturated rings. The molecule has 0 aliphatic carbocycles. The first-order valence-electron chi connectivity index (χ1n) is 7.64. The summed E-state index contributed by atoms with van der Waals surface area (Å²) < 4.78 is 5.16. The number of hydrogen-bond acceptors (Lipinski definition) is 3. The Morgan fingerprint density at radius 3 is 2.91 bits per heavy atom. The molecule has 0 radical (unpaired) electrons. The van der Waals surface area contributed by atoms with Gasteiger partial charge >= 0.3 is 0 Å². The van der Waals surface area contributed by atoms with Gasteiger partial charge in [0.25, 0.3) is 0 Å². The number of benzene rings is 1. The Kier molecular flexibility index (Phi) is 4.59. The predicted octanol–water partition coefficient (Wildman–Crippen LogP) is 3.08. The zero-order chi connectivity index (χ0) is 15.2. The van der Waals surface area contributed by atoms with Gasteiger partial charge in [-0.1, -0.05) is 18.2 Å². The molecule has 1 aromatic heterocycles. The van der Waals surface area contributed by atoms with Crippen LogP contribution in [0.5, 0.6) is 0 Å². The van der Waals surface area contributed by atoms with Gasteiger partial charge in [0.05, 0.1) is 6.26 Å². The van der Waals surface area contributed by atoms with Crippen molar-refractivity contribution in [2.45, 2.75) is 18.9 Å². The maximum atomic E-state index is 11.9. The Labute approximate surface area is 130 Å². The van der Waals surface area contributed by atoms with E-state index in [1.165, 1.54) is 11.8 Å². The van der Waals surface area contributed by atoms with Crippen LogP contribution >= 0.6 is 0 Å². The number of nitrogens with zero attached hydrogens (tertiary/aromatic N) is 1. The van der Waals surface area contributed by atoms with E-state index in [1.54, 1.807) is 18.4 Å². The molecular weight excluding hydrogens is 276 g/mol. The van der Waals surface area contributed by atoms with Crippen LogP contribution in [0.2, 0.25) is 0 Å². The van der Waals surface area contributed by atoms with Crippen LogP contribution in [0, 0.1) is 0 Å². The van der Waals surface area contributed by atoms with E-state index in [1.807, 2.05) is 12.1 Å². The lowest BCUT2D eigenvalue weighted by Gasteiger charge is -2.26. The van der Waals surface area contributed by atoms with E-state index in [4.69, 9.17) is 4.42 Å². The normalized spacial score (nSPS) is 18.0. The number of amides is 1. The van der Waals surface area contributed by atoms with Gasteiger partial charge in [-0.2, -0.15) is 0 Å². The maximum Gasteiger partial charge on any atom is 0.244 e. The van der Waals surface area contributed by atoms with Crippen molar-refractivity contribution in [3.63, 3.8) is 0 Å². The van der Waals surface area contributed by atoms with Gasteiger partial charge in [-0.15, -0.1) is 0 Å². The number of anilines is 1. The SMILES string of the molecule is O=C(C=Cc1ccco1)NCC1CCCN1c1ccccc1. The van der Waals surface area contributed by atoms with Crippen LogP contribution in [-0.2, 0) is 4.79 Å². The Morgan fingerprint density at radius 2 is 2.14 bits per heavy atom. The van der Waals surface area contributed by atoms with Crippen molar-refractivity contribution in [1.82, 2.24) is 5.32 Å². The molecule has 114 valence electrons. The maximum absolute atomic E-state index is 11.9. The van der Waals surface area contributed by atoms with E-state index >= 15 is 0 Å². The average molecular weight is 296 g/mol. The summed E-state index contributed by atoms with van der Waals surface area (Å²) in [5, 5.41) is 2.98. The molecule has 4 heteroatoms. The molecule has 22 heavy (non-hydrogen) atoms. The second-order valence-corrected chi connectivity index (χ2v) is 5.42. The van der Waals surface area contributed by atoms with Gasteiger partial charge in [-0.05, 0) is 43.2 Å². The van der Waals surface area contributed by atoms with E-state index in [9.17, 15) is 4.79 Å². The standard InChI is InChI=1S/C18H20N2O2/c21-18(11-10-17-9-5-13-22-17)19-14-16-8-4-12-20(16)15-6-2-1-3-7-15/h1-3,5-7,9-11,13,16H,4,8,12,14H2,(H,19,21). The summed E-state index contributed by atoms with van der Waals surface area (Å²) in [6.45, 7) is 1.71. The molecule has 1 unspecified atom stereocenters. The lowest BCUT2D eigenvalue weighted by atomic mass is 10.2. The van der Waals surface area contributed by atoms with E-state index < -0.39 is 0 Å². The average Bonchev–Trinajstić information content (AvgIpc) is 3.23. The molecule has 2 heterocycles. The predicted molar refractivity (Wildman–Crippen MR) is 87.6 cm³/mol. The highest BCUT2D eigenvalue weighted by atomic mass is 16.3. The van der Waals surface area contributed by atoms with Gasteiger partial charge in [0.1, 0.15) is 5.76 Å². The van der Waals surface area contributed by atoms with Crippen molar-refractivity contribution >= 4 is 17.7 Å². The molecule has 1 saturated heterocycles. The third-order valence-corrected chi connectivity index (χ3v) is 3.92. The highest BCUT2D eigenvalue weighted by Gasteiger charge is 2.24. The largest absolute Gasteiger partial charge is 0.465 e. The molecule has 1 atom stereocenters. The fourth-order valence-corrected chi connectivity index (χ4v) is 2.83. The molecule has 3 rings (SSSR count). The van der Waals surface area contributed by atoms with Crippen LogP contribution in [0.25, 0.3) is 6.08 Å². The van der Waals surface area contributed by atoms with Gasteiger partial charge < -0.3 is 14.6 Å². The van der Waals surface area contributed by atoms with E-state index in [-0.39, 0.29) is 5.91 Å². The Hall–Kier alpha value is -2.49. The monoisotopic (exact) mass is 296 g/mol. The molecule has 0 spiro atoms. The number of carbonyl (C=O) groups is 1. The summed E-state index contributed by atoms with van der Waals surface area (Å²) in [4.78, 5) is 14.3. The van der Waals surface area contributed by atoms with Gasteiger partial charge in [0, 0.05) is 30.9 Å². The molecule has 4 nitrogen and oxygen atoms in total. The highest BCUT2D eigenvalue weighted by molar-refractivity contribution is 5.91. The summed E-state index contributed by atoms with van der Waals surface area (Å²) in [5.74, 6) is 0.596. The highest BCUT2D eigenvalue weighted by Crippen LogP contribution is 2.24. The molecule has 1 aromatic carbocycles. The molecule has 0 saturated carbocycles. The summed E-state index contributed by atoms with van der Waals surface area (Å²) in [6.07, 6.45) is 7.06. The van der Waals surface area contributed by atoms with Crippen molar-refractivity contribution in [3.8, 4) is 0 Å². The van der Waals surface area contributed by atoms with Crippen molar-refractivity contribution in [2.75, 3.05) is 18.0 Å². The fraction of sp³-hybridized carbons (Fsp3) is 0.278. The first-order chi connectivity index (χ1) is 10.8. The minimum absolute atomic E-state index is 0.0867. The molecule has 1 aliphatic rings. The zero-order valence-electron chi connectivity index (χ0n) is 12.4. The number of carbonyl (C=O) groups excluding carboxylic acids is 1. The first-order valence-corrected chi connectivity index (χ1v) is 7.64. The molecular formula is C18H20N2O2. The first kappa shape index (κ1) is 14.4. The Balaban J connectivity index is 1.53. The summed E-state index contributed by atoms with van der Waals surface area (Å²) >= 11 is 0. The number of para-hydroxylation sites is 1. The van der Waals surface area contributed by atoms with Gasteiger partial charge in [-0.25, -0.2) is 0 Å². The smallest absolute Gasteiger partial charge is 0.244 e. The second kappa shape index (κ2) is 6.98. The topological polar surface area (TPSA) is 45.5 Å². The Morgan fingerprint density at radius 1 is 1.27 bits per heavy atom. The number of hydrogen-bond donors (Lipinski definition) is 1. The minimum Gasteiger partial charge on any atom is -0.465 e. The van der Waals surface area contributed by atoms with Crippen LogP contribution < -0.4 is 10.2 Å². The summed E-state index contributed by atoms with van der Waals surface area (Å²) in [7, 11) is 0. The van der Waals surface area contributed by atoms with Crippen LogP contribution in [-0.4, -0.2) is 25.0 Å². The molecule has 1 amide bonds. The molecule has 1 N–H and O–H groups in total. The minimum atomic E-state index is -0.0867. The van der Waals surface area contributed by atoms with Gasteiger partial charge in [0.15, 0.2) is 0 Å². The molecule has 2 aromatic rings. The quantitative estimate of drug-likeness (QED) is 0.862. The number of nitrogens with one attached hydrogen (secondary N) is 1. The van der Waals surface area contributed by atoms with E-state index in [0.29, 0.717) is 18.3 Å². The van der Waals surface area contributed by atoms with Crippen molar-refractivity contribution < 1.29 is 9.21 Å². The third-order valence-electron chi connectivity index (χ3n) is 3.92. The van der Waals surface area contributed by atoms with Crippen LogP contribution in [0.3, 0.4) is 0 Å². The van der Waals surface area contributed by atoms with Gasteiger partial charge in [0.2, 0.25) is 5.91 Å². The van der Waals surface area contributed by atoms with Crippen molar-refractivity contribution in [2.24, 2.45) is 0 Å². The lowest BCUT2D eigenvalue weighted by molar-refractivity contribution is -0.116. The van der Waals surface area contributed by atoms with Crippen LogP contribution in [0.1, 0.15) is 18.6 Å². The fourth-order valence-electron chi connectivity index (χ4n) is 2.83. The number of rotatable bonds is 5. The summed E-state index contributed by atoms with van der Waals surface area (Å²) in [6, 6.07) is 14.4. The zero-order valence-corrected chi connectivity index (χ0v) is 12.4. The van der Waals surface area contributed by atoms with E-state index in [0.717, 1.165) is 19.4 Å². The molecule has 1 aliphatic heterocycles. The van der Waals surface area contributed by atoms with Gasteiger partial charge in [-0.3, -0.25) is 4.79 Å². The Bertz CT molecular complexity index is 620. The van der Waals surface area contributed by atoms with Crippen LogP contribution in [0.15, 0.2) is 59.2 Å².